The Kier molecular flexibility index (Phi) is 30.1. The Balaban J connectivity index is 3.49. The molecule has 0 heterocycles. The van der Waals surface area contributed by atoms with E-state index in [1.165, 1.54) is 83.5 Å². The summed E-state index contributed by atoms with van der Waals surface area (Å²) in [6.45, 7) is 7.48. The quantitative estimate of drug-likeness (QED) is 0.0359. The van der Waals surface area contributed by atoms with Crippen molar-refractivity contribution >= 4 is 20.7 Å². The Bertz CT molecular complexity index is 634. The van der Waals surface area contributed by atoms with Crippen LogP contribution >= 0.6 is 0 Å². The number of carbonyl (C=O) groups is 2. The highest BCUT2D eigenvalue weighted by atomic mass is 28.4. The molecule has 1 atom stereocenters. The smallest absolute Gasteiger partial charge is 0.462 e. The summed E-state index contributed by atoms with van der Waals surface area (Å²) in [5.74, 6) is -0.590. The van der Waals surface area contributed by atoms with Gasteiger partial charge in [0.05, 0.1) is 12.8 Å². The number of ether oxygens (including phenoxy) is 2. The number of carbonyl (C=O) groups excluding carboxylic acids is 2. The molecule has 10 nitrogen and oxygen atoms in total. The fraction of sp³-hybridized carbons (Fsp3) is 0.938. The third kappa shape index (κ3) is 27.0. The highest BCUT2D eigenvalue weighted by Gasteiger charge is 2.36. The summed E-state index contributed by atoms with van der Waals surface area (Å²) in [5, 5.41) is 9.74. The summed E-state index contributed by atoms with van der Waals surface area (Å²) in [6.07, 6.45) is 19.9. The van der Waals surface area contributed by atoms with Gasteiger partial charge in [-0.3, -0.25) is 9.59 Å². The van der Waals surface area contributed by atoms with Gasteiger partial charge in [-0.1, -0.05) is 90.4 Å². The van der Waals surface area contributed by atoms with Crippen molar-refractivity contribution in [1.29, 1.82) is 0 Å². The number of hydrogen-bond donors (Lipinski definition) is 3. The van der Waals surface area contributed by atoms with Crippen molar-refractivity contribution < 1.29 is 32.3 Å². The van der Waals surface area contributed by atoms with Gasteiger partial charge in [0.1, 0.15) is 12.7 Å². The first kappa shape index (κ1) is 41.9. The lowest BCUT2D eigenvalue weighted by atomic mass is 10.0. The maximum absolute atomic E-state index is 12.0. The van der Waals surface area contributed by atoms with Crippen LogP contribution in [0.15, 0.2) is 0 Å². The van der Waals surface area contributed by atoms with Gasteiger partial charge >= 0.3 is 20.7 Å². The van der Waals surface area contributed by atoms with Gasteiger partial charge < -0.3 is 38.7 Å². The average Bonchev–Trinajstić information content (AvgIpc) is 3.01. The molecule has 0 aromatic rings. The molecule has 11 heteroatoms. The van der Waals surface area contributed by atoms with Crippen LogP contribution in [0, 0.1) is 0 Å². The van der Waals surface area contributed by atoms with Crippen LogP contribution in [0.5, 0.6) is 0 Å². The zero-order valence-corrected chi connectivity index (χ0v) is 29.4. The molecule has 0 bridgehead atoms. The molecular weight excluding hydrogens is 566 g/mol. The van der Waals surface area contributed by atoms with Crippen molar-refractivity contribution in [2.45, 2.75) is 135 Å². The van der Waals surface area contributed by atoms with Crippen LogP contribution < -0.4 is 16.0 Å². The van der Waals surface area contributed by atoms with Crippen molar-refractivity contribution in [3.8, 4) is 0 Å². The lowest BCUT2D eigenvalue weighted by molar-refractivity contribution is -0.157. The fourth-order valence-corrected chi connectivity index (χ4v) is 6.52. The monoisotopic (exact) mass is 633 g/mol. The molecule has 1 unspecified atom stereocenters. The number of hydrogen-bond acceptors (Lipinski definition) is 10. The minimum Gasteiger partial charge on any atom is -0.462 e. The lowest BCUT2D eigenvalue weighted by Gasteiger charge is -2.24. The van der Waals surface area contributed by atoms with Gasteiger partial charge in [-0.15, -0.1) is 0 Å². The van der Waals surface area contributed by atoms with E-state index in [1.807, 2.05) is 0 Å². The molecule has 0 aliphatic carbocycles. The molecule has 0 aromatic carbocycles. The predicted molar refractivity (Wildman–Crippen MR) is 176 cm³/mol. The van der Waals surface area contributed by atoms with E-state index in [-0.39, 0.29) is 25.0 Å². The summed E-state index contributed by atoms with van der Waals surface area (Å²) in [7, 11) is 2.31. The highest BCUT2D eigenvalue weighted by Crippen LogP contribution is 2.14. The SMILES string of the molecule is CCCCCCCCCCCCCCCCNCCC(=O)OC(C)COC(=O)CCNCNCCC[Si](OC)(OC)OC. The zero-order valence-electron chi connectivity index (χ0n) is 28.4. The Morgan fingerprint density at radius 3 is 1.63 bits per heavy atom. The van der Waals surface area contributed by atoms with Crippen molar-refractivity contribution in [3.63, 3.8) is 0 Å². The van der Waals surface area contributed by atoms with Crippen LogP contribution in [-0.2, 0) is 32.3 Å². The van der Waals surface area contributed by atoms with E-state index in [4.69, 9.17) is 22.8 Å². The lowest BCUT2D eigenvalue weighted by Crippen LogP contribution is -2.43. The van der Waals surface area contributed by atoms with Gasteiger partial charge in [-0.05, 0) is 32.9 Å². The molecule has 0 radical (unpaired) electrons. The highest BCUT2D eigenvalue weighted by molar-refractivity contribution is 6.60. The van der Waals surface area contributed by atoms with Crippen LogP contribution in [0.2, 0.25) is 6.04 Å². The molecule has 0 amide bonds. The summed E-state index contributed by atoms with van der Waals surface area (Å²) < 4.78 is 26.8. The van der Waals surface area contributed by atoms with Crippen molar-refractivity contribution in [2.75, 3.05) is 60.8 Å². The minimum absolute atomic E-state index is 0.0689. The molecule has 0 rings (SSSR count). The molecule has 0 aromatic heterocycles. The van der Waals surface area contributed by atoms with E-state index in [0.717, 1.165) is 32.0 Å². The second-order valence-corrected chi connectivity index (χ2v) is 14.5. The average molecular weight is 634 g/mol. The molecule has 256 valence electrons. The number of unbranched alkanes of at least 4 members (excludes halogenated alkanes) is 13. The Labute approximate surface area is 264 Å². The summed E-state index contributed by atoms with van der Waals surface area (Å²) in [6, 6.07) is 0.731. The van der Waals surface area contributed by atoms with Crippen LogP contribution in [0.4, 0.5) is 0 Å². The van der Waals surface area contributed by atoms with E-state index in [0.29, 0.717) is 26.2 Å². The van der Waals surface area contributed by atoms with Crippen LogP contribution in [-0.4, -0.2) is 87.6 Å². The molecule has 43 heavy (non-hydrogen) atoms. The molecular formula is C32H67N3O7Si. The third-order valence-corrected chi connectivity index (χ3v) is 10.4. The maximum atomic E-state index is 12.0. The van der Waals surface area contributed by atoms with Crippen LogP contribution in [0.3, 0.4) is 0 Å². The first-order valence-electron chi connectivity index (χ1n) is 17.1. The first-order valence-corrected chi connectivity index (χ1v) is 19.0. The first-order chi connectivity index (χ1) is 20.9. The fourth-order valence-electron chi connectivity index (χ4n) is 4.80. The van der Waals surface area contributed by atoms with Crippen molar-refractivity contribution in [2.24, 2.45) is 0 Å². The third-order valence-electron chi connectivity index (χ3n) is 7.55. The predicted octanol–water partition coefficient (Wildman–Crippen LogP) is 5.72. The summed E-state index contributed by atoms with van der Waals surface area (Å²) in [5.41, 5.74) is 0. The largest absolute Gasteiger partial charge is 0.500 e. The van der Waals surface area contributed by atoms with Gasteiger partial charge in [-0.25, -0.2) is 0 Å². The van der Waals surface area contributed by atoms with Gasteiger partial charge in [0.15, 0.2) is 0 Å². The standard InChI is InChI=1S/C32H67N3O7Si/c1-6-7-8-9-10-11-12-13-14-15-16-17-18-19-23-33-25-22-32(37)42-30(2)28-41-31(36)21-26-35-29-34-24-20-27-43(38-3,39-4)40-5/h30,33-35H,6-29H2,1-5H3. The Hall–Kier alpha value is -1.08. The normalized spacial score (nSPS) is 12.4. The van der Waals surface area contributed by atoms with Crippen LogP contribution in [0.25, 0.3) is 0 Å². The molecule has 0 fully saturated rings. The number of esters is 2. The zero-order chi connectivity index (χ0) is 31.9. The van der Waals surface area contributed by atoms with Gasteiger partial charge in [0.2, 0.25) is 0 Å². The molecule has 0 spiro atoms. The number of nitrogens with one attached hydrogen (secondary N) is 3. The Morgan fingerprint density at radius 2 is 1.07 bits per heavy atom. The van der Waals surface area contributed by atoms with Crippen molar-refractivity contribution in [1.82, 2.24) is 16.0 Å². The number of rotatable bonds is 33. The van der Waals surface area contributed by atoms with Gasteiger partial charge in [0.25, 0.3) is 0 Å². The van der Waals surface area contributed by atoms with E-state index in [9.17, 15) is 9.59 Å². The van der Waals surface area contributed by atoms with Crippen LogP contribution in [0.1, 0.15) is 123 Å². The van der Waals surface area contributed by atoms with Crippen molar-refractivity contribution in [3.05, 3.63) is 0 Å². The van der Waals surface area contributed by atoms with E-state index in [2.05, 4.69) is 22.9 Å². The molecule has 3 N–H and O–H groups in total. The van der Waals surface area contributed by atoms with E-state index in [1.54, 1.807) is 28.3 Å². The topological polar surface area (TPSA) is 116 Å². The minimum atomic E-state index is -2.52. The molecule has 0 aliphatic heterocycles. The van der Waals surface area contributed by atoms with Gasteiger partial charge in [-0.2, -0.15) is 0 Å². The second kappa shape index (κ2) is 30.9. The summed E-state index contributed by atoms with van der Waals surface area (Å²) >= 11 is 0. The molecule has 0 saturated heterocycles. The Morgan fingerprint density at radius 1 is 0.605 bits per heavy atom. The summed E-state index contributed by atoms with van der Waals surface area (Å²) in [4.78, 5) is 24.0. The van der Waals surface area contributed by atoms with E-state index < -0.39 is 14.9 Å². The molecule has 0 saturated carbocycles. The van der Waals surface area contributed by atoms with Gasteiger partial charge in [0, 0.05) is 47.1 Å². The van der Waals surface area contributed by atoms with E-state index >= 15 is 0 Å². The molecule has 0 aliphatic rings. The maximum Gasteiger partial charge on any atom is 0.500 e. The second-order valence-electron chi connectivity index (χ2n) is 11.4.